The quantitative estimate of drug-likeness (QED) is 0.866. The number of amides is 1. The molecule has 1 saturated heterocycles. The lowest BCUT2D eigenvalue weighted by molar-refractivity contribution is -0.136. The zero-order chi connectivity index (χ0) is 14.4. The van der Waals surface area contributed by atoms with Gasteiger partial charge in [-0.05, 0) is 43.5 Å². The van der Waals surface area contributed by atoms with Crippen molar-refractivity contribution in [1.82, 2.24) is 10.2 Å². The first kappa shape index (κ1) is 14.9. The van der Waals surface area contributed by atoms with E-state index in [-0.39, 0.29) is 11.9 Å². The molecule has 0 bridgehead atoms. The second-order valence-electron chi connectivity index (χ2n) is 5.26. The molecule has 1 aromatic carbocycles. The highest BCUT2D eigenvalue weighted by Gasteiger charge is 2.27. The number of piperidine rings is 1. The van der Waals surface area contributed by atoms with Gasteiger partial charge >= 0.3 is 0 Å². The molecular formula is C16H24N2O2. The average molecular weight is 276 g/mol. The van der Waals surface area contributed by atoms with Gasteiger partial charge in [-0.2, -0.15) is 0 Å². The highest BCUT2D eigenvalue weighted by atomic mass is 16.5. The predicted molar refractivity (Wildman–Crippen MR) is 79.7 cm³/mol. The molecule has 0 aliphatic carbocycles. The van der Waals surface area contributed by atoms with E-state index >= 15 is 0 Å². The van der Waals surface area contributed by atoms with Crippen LogP contribution in [-0.2, 0) is 11.3 Å². The highest BCUT2D eigenvalue weighted by molar-refractivity contribution is 5.82. The van der Waals surface area contributed by atoms with Crippen molar-refractivity contribution in [2.75, 3.05) is 20.2 Å². The fourth-order valence-electron chi connectivity index (χ4n) is 2.56. The van der Waals surface area contributed by atoms with E-state index in [4.69, 9.17) is 4.74 Å². The molecule has 0 saturated carbocycles. The molecule has 1 aliphatic heterocycles. The van der Waals surface area contributed by atoms with Crippen LogP contribution in [0.3, 0.4) is 0 Å². The summed E-state index contributed by atoms with van der Waals surface area (Å²) < 4.78 is 5.15. The van der Waals surface area contributed by atoms with Crippen LogP contribution >= 0.6 is 0 Å². The Balaban J connectivity index is 1.95. The number of methoxy groups -OCH3 is 1. The topological polar surface area (TPSA) is 41.6 Å². The van der Waals surface area contributed by atoms with Gasteiger partial charge in [-0.15, -0.1) is 0 Å². The van der Waals surface area contributed by atoms with Gasteiger partial charge in [0, 0.05) is 13.1 Å². The van der Waals surface area contributed by atoms with Crippen molar-refractivity contribution in [3.05, 3.63) is 29.8 Å². The first-order valence-corrected chi connectivity index (χ1v) is 7.39. The van der Waals surface area contributed by atoms with Crippen LogP contribution in [0.1, 0.15) is 31.7 Å². The zero-order valence-electron chi connectivity index (χ0n) is 12.4. The molecule has 110 valence electrons. The Morgan fingerprint density at radius 1 is 1.35 bits per heavy atom. The van der Waals surface area contributed by atoms with Crippen molar-refractivity contribution in [1.29, 1.82) is 0 Å². The number of benzene rings is 1. The second kappa shape index (κ2) is 7.29. The lowest BCUT2D eigenvalue weighted by Crippen LogP contribution is -2.50. The number of rotatable bonds is 6. The van der Waals surface area contributed by atoms with Gasteiger partial charge < -0.3 is 15.0 Å². The van der Waals surface area contributed by atoms with Crippen molar-refractivity contribution in [2.45, 2.75) is 38.8 Å². The number of hydrogen-bond acceptors (Lipinski definition) is 3. The van der Waals surface area contributed by atoms with Crippen LogP contribution in [-0.4, -0.2) is 37.0 Å². The number of ether oxygens (including phenoxy) is 1. The molecule has 1 amide bonds. The minimum absolute atomic E-state index is 0.00180. The summed E-state index contributed by atoms with van der Waals surface area (Å²) in [6, 6.07) is 7.93. The number of carbonyl (C=O) groups is 1. The molecular weight excluding hydrogens is 252 g/mol. The number of nitrogens with one attached hydrogen (secondary N) is 1. The molecule has 4 heteroatoms. The van der Waals surface area contributed by atoms with E-state index in [0.29, 0.717) is 6.54 Å². The molecule has 1 aromatic rings. The van der Waals surface area contributed by atoms with Crippen LogP contribution in [0, 0.1) is 0 Å². The van der Waals surface area contributed by atoms with Crippen molar-refractivity contribution in [2.24, 2.45) is 0 Å². The largest absolute Gasteiger partial charge is 0.497 e. The summed E-state index contributed by atoms with van der Waals surface area (Å²) in [5.74, 6) is 1.08. The van der Waals surface area contributed by atoms with Crippen LogP contribution < -0.4 is 10.1 Å². The Bertz CT molecular complexity index is 431. The number of carbonyl (C=O) groups excluding carboxylic acids is 1. The maximum absolute atomic E-state index is 12.4. The van der Waals surface area contributed by atoms with E-state index in [0.717, 1.165) is 43.7 Å². The van der Waals surface area contributed by atoms with Crippen LogP contribution in [0.4, 0.5) is 0 Å². The standard InChI is InChI=1S/C16H24N2O2/c1-3-10-17-15-5-4-11-18(16(15)19)12-13-6-8-14(20-2)9-7-13/h6-9,15,17H,3-5,10-12H2,1-2H3. The first-order valence-electron chi connectivity index (χ1n) is 7.39. The molecule has 2 rings (SSSR count). The number of likely N-dealkylation sites (tertiary alicyclic amines) is 1. The van der Waals surface area contributed by atoms with Crippen molar-refractivity contribution < 1.29 is 9.53 Å². The van der Waals surface area contributed by atoms with E-state index in [1.165, 1.54) is 0 Å². The summed E-state index contributed by atoms with van der Waals surface area (Å²) in [4.78, 5) is 14.4. The van der Waals surface area contributed by atoms with Gasteiger partial charge in [0.1, 0.15) is 5.75 Å². The highest BCUT2D eigenvalue weighted by Crippen LogP contribution is 2.17. The molecule has 4 nitrogen and oxygen atoms in total. The summed E-state index contributed by atoms with van der Waals surface area (Å²) in [5, 5.41) is 3.34. The third kappa shape index (κ3) is 3.73. The third-order valence-electron chi connectivity index (χ3n) is 3.70. The Labute approximate surface area is 121 Å². The van der Waals surface area contributed by atoms with Crippen LogP contribution in [0.25, 0.3) is 0 Å². The van der Waals surface area contributed by atoms with Crippen molar-refractivity contribution in [3.63, 3.8) is 0 Å². The van der Waals surface area contributed by atoms with Gasteiger partial charge in [-0.1, -0.05) is 19.1 Å². The maximum Gasteiger partial charge on any atom is 0.240 e. The monoisotopic (exact) mass is 276 g/mol. The fourth-order valence-corrected chi connectivity index (χ4v) is 2.56. The summed E-state index contributed by atoms with van der Waals surface area (Å²) >= 11 is 0. The Morgan fingerprint density at radius 2 is 2.10 bits per heavy atom. The minimum Gasteiger partial charge on any atom is -0.497 e. The van der Waals surface area contributed by atoms with E-state index in [1.807, 2.05) is 29.2 Å². The number of nitrogens with zero attached hydrogens (tertiary/aromatic N) is 1. The summed E-state index contributed by atoms with van der Waals surface area (Å²) in [7, 11) is 1.66. The third-order valence-corrected chi connectivity index (χ3v) is 3.70. The second-order valence-corrected chi connectivity index (χ2v) is 5.26. The van der Waals surface area contributed by atoms with Crippen molar-refractivity contribution >= 4 is 5.91 Å². The van der Waals surface area contributed by atoms with Gasteiger partial charge in [0.05, 0.1) is 13.2 Å². The number of hydrogen-bond donors (Lipinski definition) is 1. The van der Waals surface area contributed by atoms with E-state index < -0.39 is 0 Å². The molecule has 0 radical (unpaired) electrons. The van der Waals surface area contributed by atoms with Gasteiger partial charge in [0.2, 0.25) is 5.91 Å². The zero-order valence-corrected chi connectivity index (χ0v) is 12.4. The van der Waals surface area contributed by atoms with E-state index in [2.05, 4.69) is 12.2 Å². The minimum atomic E-state index is 0.00180. The molecule has 1 fully saturated rings. The van der Waals surface area contributed by atoms with E-state index in [9.17, 15) is 4.79 Å². The SMILES string of the molecule is CCCNC1CCCN(Cc2ccc(OC)cc2)C1=O. The molecule has 20 heavy (non-hydrogen) atoms. The fraction of sp³-hybridized carbons (Fsp3) is 0.562. The lowest BCUT2D eigenvalue weighted by Gasteiger charge is -2.32. The molecule has 1 unspecified atom stereocenters. The van der Waals surface area contributed by atoms with E-state index in [1.54, 1.807) is 7.11 Å². The average Bonchev–Trinajstić information content (AvgIpc) is 2.49. The van der Waals surface area contributed by atoms with Crippen LogP contribution in [0.15, 0.2) is 24.3 Å². The molecule has 1 aliphatic rings. The van der Waals surface area contributed by atoms with Crippen LogP contribution in [0.5, 0.6) is 5.75 Å². The Hall–Kier alpha value is -1.55. The molecule has 0 aromatic heterocycles. The first-order chi connectivity index (χ1) is 9.74. The molecule has 1 heterocycles. The molecule has 1 atom stereocenters. The van der Waals surface area contributed by atoms with Gasteiger partial charge in [-0.25, -0.2) is 0 Å². The molecule has 0 spiro atoms. The Morgan fingerprint density at radius 3 is 2.75 bits per heavy atom. The predicted octanol–water partition coefficient (Wildman–Crippen LogP) is 2.19. The van der Waals surface area contributed by atoms with Gasteiger partial charge in [-0.3, -0.25) is 4.79 Å². The smallest absolute Gasteiger partial charge is 0.240 e. The maximum atomic E-state index is 12.4. The van der Waals surface area contributed by atoms with Gasteiger partial charge in [0.25, 0.3) is 0 Å². The normalized spacial score (nSPS) is 19.2. The molecule has 1 N–H and O–H groups in total. The summed E-state index contributed by atoms with van der Waals surface area (Å²) in [6.45, 7) is 4.57. The van der Waals surface area contributed by atoms with Crippen molar-refractivity contribution in [3.8, 4) is 5.75 Å². The van der Waals surface area contributed by atoms with Gasteiger partial charge in [0.15, 0.2) is 0 Å². The summed E-state index contributed by atoms with van der Waals surface area (Å²) in [5.41, 5.74) is 1.15. The lowest BCUT2D eigenvalue weighted by atomic mass is 10.0. The van der Waals surface area contributed by atoms with Crippen LogP contribution in [0.2, 0.25) is 0 Å². The summed E-state index contributed by atoms with van der Waals surface area (Å²) in [6.07, 6.45) is 3.09. The Kier molecular flexibility index (Phi) is 5.41.